The highest BCUT2D eigenvalue weighted by atomic mass is 16.5. The van der Waals surface area contributed by atoms with Gasteiger partial charge in [-0.2, -0.15) is 0 Å². The first-order chi connectivity index (χ1) is 8.19. The molecule has 92 valence electrons. The maximum Gasteiger partial charge on any atom is 0.404 e. The molecule has 1 amide bonds. The molecule has 17 heavy (non-hydrogen) atoms. The summed E-state index contributed by atoms with van der Waals surface area (Å²) in [4.78, 5) is 10.4. The Kier molecular flexibility index (Phi) is 3.37. The first kappa shape index (κ1) is 11.6. The fourth-order valence-corrected chi connectivity index (χ4v) is 2.01. The number of nitrogens with one attached hydrogen (secondary N) is 1. The van der Waals surface area contributed by atoms with Crippen molar-refractivity contribution in [1.82, 2.24) is 0 Å². The molecule has 2 rings (SSSR count). The second-order valence-electron chi connectivity index (χ2n) is 4.02. The van der Waals surface area contributed by atoms with Gasteiger partial charge in [0, 0.05) is 24.2 Å². The number of methoxy groups -OCH3 is 1. The van der Waals surface area contributed by atoms with E-state index in [4.69, 9.17) is 15.2 Å². The van der Waals surface area contributed by atoms with Crippen LogP contribution < -0.4 is 15.8 Å². The van der Waals surface area contributed by atoms with E-state index in [1.165, 1.54) is 5.56 Å². The van der Waals surface area contributed by atoms with E-state index in [-0.39, 0.29) is 6.04 Å². The van der Waals surface area contributed by atoms with Gasteiger partial charge in [-0.1, -0.05) is 6.07 Å². The van der Waals surface area contributed by atoms with Gasteiger partial charge in [0.2, 0.25) is 0 Å². The molecular weight excluding hydrogens is 220 g/mol. The Morgan fingerprint density at radius 1 is 1.59 bits per heavy atom. The van der Waals surface area contributed by atoms with E-state index in [9.17, 15) is 4.79 Å². The van der Waals surface area contributed by atoms with Gasteiger partial charge in [0.15, 0.2) is 0 Å². The molecular formula is C12H16N2O3. The standard InChI is InChI=1S/C12H16N2O3/c1-16-10-3-2-8-6-9(14-11(8)7-10)4-5-17-12(13)15/h2-3,7,9,14H,4-6H2,1H3,(H2,13,15). The predicted molar refractivity (Wildman–Crippen MR) is 64.3 cm³/mol. The zero-order valence-electron chi connectivity index (χ0n) is 9.73. The molecule has 1 unspecified atom stereocenters. The monoisotopic (exact) mass is 236 g/mol. The first-order valence-electron chi connectivity index (χ1n) is 5.54. The molecule has 5 heteroatoms. The summed E-state index contributed by atoms with van der Waals surface area (Å²) in [5.41, 5.74) is 7.25. The lowest BCUT2D eigenvalue weighted by Gasteiger charge is -2.10. The van der Waals surface area contributed by atoms with E-state index in [2.05, 4.69) is 11.4 Å². The van der Waals surface area contributed by atoms with Crippen LogP contribution in [0.25, 0.3) is 0 Å². The zero-order chi connectivity index (χ0) is 12.3. The molecule has 0 bridgehead atoms. The quantitative estimate of drug-likeness (QED) is 0.831. The Morgan fingerprint density at radius 3 is 3.12 bits per heavy atom. The van der Waals surface area contributed by atoms with Crippen LogP contribution in [0.5, 0.6) is 5.75 Å². The largest absolute Gasteiger partial charge is 0.497 e. The fourth-order valence-electron chi connectivity index (χ4n) is 2.01. The molecule has 0 spiro atoms. The van der Waals surface area contributed by atoms with Gasteiger partial charge in [0.1, 0.15) is 5.75 Å². The highest BCUT2D eigenvalue weighted by Crippen LogP contribution is 2.30. The number of nitrogens with two attached hydrogens (primary N) is 1. The van der Waals surface area contributed by atoms with E-state index in [1.54, 1.807) is 7.11 Å². The highest BCUT2D eigenvalue weighted by Gasteiger charge is 2.20. The van der Waals surface area contributed by atoms with Gasteiger partial charge >= 0.3 is 6.09 Å². The van der Waals surface area contributed by atoms with Crippen molar-refractivity contribution in [3.63, 3.8) is 0 Å². The lowest BCUT2D eigenvalue weighted by Crippen LogP contribution is -2.21. The molecule has 0 aliphatic carbocycles. The van der Waals surface area contributed by atoms with Crippen molar-refractivity contribution in [2.24, 2.45) is 5.73 Å². The molecule has 0 fully saturated rings. The number of anilines is 1. The van der Waals surface area contributed by atoms with Crippen molar-refractivity contribution in [3.8, 4) is 5.75 Å². The van der Waals surface area contributed by atoms with Gasteiger partial charge in [-0.3, -0.25) is 0 Å². The minimum absolute atomic E-state index is 0.288. The SMILES string of the molecule is COc1ccc2c(c1)NC(CCOC(N)=O)C2. The lowest BCUT2D eigenvalue weighted by molar-refractivity contribution is 0.154. The van der Waals surface area contributed by atoms with Crippen LogP contribution in [0.4, 0.5) is 10.5 Å². The zero-order valence-corrected chi connectivity index (χ0v) is 9.73. The van der Waals surface area contributed by atoms with Crippen molar-refractivity contribution in [3.05, 3.63) is 23.8 Å². The van der Waals surface area contributed by atoms with Gasteiger partial charge in [-0.15, -0.1) is 0 Å². The Balaban J connectivity index is 1.90. The minimum Gasteiger partial charge on any atom is -0.497 e. The smallest absolute Gasteiger partial charge is 0.404 e. The molecule has 0 saturated carbocycles. The van der Waals surface area contributed by atoms with E-state index in [0.717, 1.165) is 24.3 Å². The maximum atomic E-state index is 10.4. The summed E-state index contributed by atoms with van der Waals surface area (Å²) in [6, 6.07) is 6.26. The summed E-state index contributed by atoms with van der Waals surface area (Å²) in [7, 11) is 1.65. The Labute approximate surface area is 99.9 Å². The van der Waals surface area contributed by atoms with Gasteiger partial charge < -0.3 is 20.5 Å². The summed E-state index contributed by atoms with van der Waals surface area (Å²) in [6.45, 7) is 0.345. The van der Waals surface area contributed by atoms with Crippen LogP contribution in [0.3, 0.4) is 0 Å². The number of primary amides is 1. The van der Waals surface area contributed by atoms with Crippen LogP contribution in [0.2, 0.25) is 0 Å². The van der Waals surface area contributed by atoms with Crippen LogP contribution in [0.1, 0.15) is 12.0 Å². The molecule has 0 saturated heterocycles. The summed E-state index contributed by atoms with van der Waals surface area (Å²) < 4.78 is 9.88. The van der Waals surface area contributed by atoms with Crippen LogP contribution in [0.15, 0.2) is 18.2 Å². The van der Waals surface area contributed by atoms with E-state index in [1.807, 2.05) is 12.1 Å². The fraction of sp³-hybridized carbons (Fsp3) is 0.417. The van der Waals surface area contributed by atoms with Crippen molar-refractivity contribution < 1.29 is 14.3 Å². The number of fused-ring (bicyclic) bond motifs is 1. The average Bonchev–Trinajstić information content (AvgIpc) is 2.69. The van der Waals surface area contributed by atoms with E-state index < -0.39 is 6.09 Å². The number of rotatable bonds is 4. The third-order valence-corrected chi connectivity index (χ3v) is 2.85. The van der Waals surface area contributed by atoms with Crippen molar-refractivity contribution in [2.45, 2.75) is 18.9 Å². The van der Waals surface area contributed by atoms with Crippen molar-refractivity contribution in [1.29, 1.82) is 0 Å². The number of amides is 1. The summed E-state index contributed by atoms with van der Waals surface area (Å²) in [5, 5.41) is 3.37. The number of ether oxygens (including phenoxy) is 2. The van der Waals surface area contributed by atoms with E-state index >= 15 is 0 Å². The number of hydrogen-bond donors (Lipinski definition) is 2. The molecule has 1 aromatic carbocycles. The van der Waals surface area contributed by atoms with Gasteiger partial charge in [0.25, 0.3) is 0 Å². The topological polar surface area (TPSA) is 73.6 Å². The van der Waals surface area contributed by atoms with Crippen LogP contribution in [0, 0.1) is 0 Å². The minimum atomic E-state index is -0.720. The van der Waals surface area contributed by atoms with Crippen LogP contribution >= 0.6 is 0 Å². The summed E-state index contributed by atoms with van der Waals surface area (Å²) in [5.74, 6) is 0.838. The number of carbonyl (C=O) groups excluding carboxylic acids is 1. The molecule has 1 aliphatic heterocycles. The molecule has 1 heterocycles. The lowest BCUT2D eigenvalue weighted by atomic mass is 10.1. The summed E-state index contributed by atoms with van der Waals surface area (Å²) >= 11 is 0. The van der Waals surface area contributed by atoms with Crippen LogP contribution in [-0.4, -0.2) is 25.9 Å². The molecule has 3 N–H and O–H groups in total. The Morgan fingerprint density at radius 2 is 2.41 bits per heavy atom. The van der Waals surface area contributed by atoms with Crippen molar-refractivity contribution >= 4 is 11.8 Å². The van der Waals surface area contributed by atoms with Gasteiger partial charge in [-0.05, 0) is 18.1 Å². The predicted octanol–water partition coefficient (Wildman–Crippen LogP) is 1.52. The Hall–Kier alpha value is -1.91. The van der Waals surface area contributed by atoms with Gasteiger partial charge in [0.05, 0.1) is 13.7 Å². The number of hydrogen-bond acceptors (Lipinski definition) is 4. The van der Waals surface area contributed by atoms with E-state index in [0.29, 0.717) is 6.61 Å². The molecule has 5 nitrogen and oxygen atoms in total. The number of benzene rings is 1. The molecule has 1 aromatic rings. The molecule has 0 aromatic heterocycles. The van der Waals surface area contributed by atoms with Crippen LogP contribution in [-0.2, 0) is 11.2 Å². The second kappa shape index (κ2) is 4.95. The third kappa shape index (κ3) is 2.81. The number of carbonyl (C=O) groups is 1. The average molecular weight is 236 g/mol. The highest BCUT2D eigenvalue weighted by molar-refractivity contribution is 5.64. The molecule has 1 aliphatic rings. The maximum absolute atomic E-state index is 10.4. The normalized spacial score (nSPS) is 17.1. The molecule has 0 radical (unpaired) electrons. The van der Waals surface area contributed by atoms with Crippen molar-refractivity contribution in [2.75, 3.05) is 19.0 Å². The second-order valence-corrected chi connectivity index (χ2v) is 4.02. The summed E-state index contributed by atoms with van der Waals surface area (Å²) in [6.07, 6.45) is 0.962. The Bertz CT molecular complexity index is 420. The third-order valence-electron chi connectivity index (χ3n) is 2.85. The first-order valence-corrected chi connectivity index (χ1v) is 5.54. The molecule has 1 atom stereocenters. The van der Waals surface area contributed by atoms with Gasteiger partial charge in [-0.25, -0.2) is 4.79 Å².